The van der Waals surface area contributed by atoms with Gasteiger partial charge in [-0.25, -0.2) is 18.5 Å². The van der Waals surface area contributed by atoms with Crippen LogP contribution in [-0.4, -0.2) is 37.1 Å². The van der Waals surface area contributed by atoms with Gasteiger partial charge in [0.05, 0.1) is 11.3 Å². The molecule has 0 bridgehead atoms. The molecule has 9 heteroatoms. The van der Waals surface area contributed by atoms with Crippen molar-refractivity contribution in [3.63, 3.8) is 0 Å². The van der Waals surface area contributed by atoms with Gasteiger partial charge < -0.3 is 10.6 Å². The van der Waals surface area contributed by atoms with Gasteiger partial charge in [0.15, 0.2) is 0 Å². The van der Waals surface area contributed by atoms with Gasteiger partial charge in [-0.05, 0) is 35.2 Å². The summed E-state index contributed by atoms with van der Waals surface area (Å²) in [5.41, 5.74) is 9.79. The first-order valence-corrected chi connectivity index (χ1v) is 13.0. The maximum Gasteiger partial charge on any atom is 0.238 e. The van der Waals surface area contributed by atoms with E-state index in [0.717, 1.165) is 16.7 Å². The summed E-state index contributed by atoms with van der Waals surface area (Å²) in [4.78, 5) is 19.3. The highest BCUT2D eigenvalue weighted by molar-refractivity contribution is 7.89. The Labute approximate surface area is 211 Å². The zero-order valence-corrected chi connectivity index (χ0v) is 21.3. The summed E-state index contributed by atoms with van der Waals surface area (Å²) in [6, 6.07) is 21.3. The van der Waals surface area contributed by atoms with Crippen LogP contribution in [0.5, 0.6) is 0 Å². The number of nitrogens with zero attached hydrogens (tertiary/aromatic N) is 2. The van der Waals surface area contributed by atoms with Crippen molar-refractivity contribution in [2.24, 2.45) is 15.9 Å². The fourth-order valence-corrected chi connectivity index (χ4v) is 4.39. The minimum atomic E-state index is -3.85. The van der Waals surface area contributed by atoms with E-state index in [1.54, 1.807) is 42.3 Å². The van der Waals surface area contributed by atoms with Gasteiger partial charge in [-0.3, -0.25) is 4.79 Å². The van der Waals surface area contributed by atoms with Crippen LogP contribution < -0.4 is 10.9 Å². The van der Waals surface area contributed by atoms with Crippen molar-refractivity contribution in [2.75, 3.05) is 7.05 Å². The molecule has 7 nitrogen and oxygen atoms in total. The Balaban J connectivity index is 1.69. The van der Waals surface area contributed by atoms with Gasteiger partial charge in [0, 0.05) is 24.7 Å². The van der Waals surface area contributed by atoms with Crippen LogP contribution in [0.4, 0.5) is 0 Å². The summed E-state index contributed by atoms with van der Waals surface area (Å²) in [7, 11) is -2.10. The number of nitrogens with two attached hydrogens (primary N) is 2. The molecule has 0 aliphatic rings. The largest absolute Gasteiger partial charge is 0.383 e. The number of aliphatic imine (C=N–C) groups is 1. The van der Waals surface area contributed by atoms with Crippen molar-refractivity contribution in [3.05, 3.63) is 89.5 Å². The molecule has 0 radical (unpaired) electrons. The molecule has 0 aliphatic carbocycles. The van der Waals surface area contributed by atoms with Crippen LogP contribution >= 0.6 is 12.2 Å². The third-order valence-electron chi connectivity index (χ3n) is 5.43. The number of rotatable bonds is 8. The molecule has 3 aromatic rings. The van der Waals surface area contributed by atoms with Gasteiger partial charge in [-0.15, -0.1) is 0 Å². The number of carbonyl (C=O) groups is 1. The van der Waals surface area contributed by atoms with E-state index in [2.05, 4.69) is 4.99 Å². The minimum absolute atomic E-state index is 0.0538. The Hall–Kier alpha value is -3.40. The van der Waals surface area contributed by atoms with Crippen LogP contribution in [0.3, 0.4) is 0 Å². The summed E-state index contributed by atoms with van der Waals surface area (Å²) < 4.78 is 23.8. The molecule has 0 fully saturated rings. The van der Waals surface area contributed by atoms with Gasteiger partial charge in [-0.1, -0.05) is 79.8 Å². The number of primary sulfonamides is 1. The van der Waals surface area contributed by atoms with E-state index in [4.69, 9.17) is 23.1 Å². The summed E-state index contributed by atoms with van der Waals surface area (Å²) >= 11 is 5.14. The van der Waals surface area contributed by atoms with Crippen LogP contribution in [0.15, 0.2) is 82.7 Å². The second kappa shape index (κ2) is 11.4. The number of thiocarbonyl (C=S) groups is 1. The number of hydrogen-bond acceptors (Lipinski definition) is 4. The SMILES string of the molecule is CCC(=S)N=C(N)c1cccc(CN(C)C(=O)Cc2ccc(-c3ccccc3S(N)(=O)=O)cc2)c1. The fraction of sp³-hybridized carbons (Fsp3) is 0.192. The Bertz CT molecular complexity index is 1370. The molecule has 3 aromatic carbocycles. The fourth-order valence-electron chi connectivity index (χ4n) is 3.53. The normalized spacial score (nSPS) is 11.8. The van der Waals surface area contributed by atoms with Crippen molar-refractivity contribution >= 4 is 39.0 Å². The van der Waals surface area contributed by atoms with Crippen molar-refractivity contribution < 1.29 is 13.2 Å². The Morgan fingerprint density at radius 2 is 1.69 bits per heavy atom. The van der Waals surface area contributed by atoms with E-state index in [0.29, 0.717) is 34.9 Å². The second-order valence-electron chi connectivity index (χ2n) is 8.11. The monoisotopic (exact) mass is 508 g/mol. The first kappa shape index (κ1) is 26.2. The Morgan fingerprint density at radius 1 is 1.00 bits per heavy atom. The van der Waals surface area contributed by atoms with Crippen LogP contribution in [0.1, 0.15) is 30.0 Å². The number of amides is 1. The highest BCUT2D eigenvalue weighted by Crippen LogP contribution is 2.26. The van der Waals surface area contributed by atoms with Gasteiger partial charge in [0.1, 0.15) is 10.8 Å². The van der Waals surface area contributed by atoms with E-state index in [1.165, 1.54) is 6.07 Å². The van der Waals surface area contributed by atoms with E-state index in [1.807, 2.05) is 43.3 Å². The van der Waals surface area contributed by atoms with Crippen LogP contribution in [-0.2, 0) is 27.8 Å². The van der Waals surface area contributed by atoms with Gasteiger partial charge in [0.2, 0.25) is 15.9 Å². The molecule has 3 rings (SSSR count). The average molecular weight is 509 g/mol. The van der Waals surface area contributed by atoms with Crippen LogP contribution in [0.2, 0.25) is 0 Å². The summed E-state index contributed by atoms with van der Waals surface area (Å²) in [6.45, 7) is 2.34. The van der Waals surface area contributed by atoms with Crippen molar-refractivity contribution in [1.82, 2.24) is 4.90 Å². The van der Waals surface area contributed by atoms with Gasteiger partial charge in [0.25, 0.3) is 0 Å². The van der Waals surface area contributed by atoms with Crippen molar-refractivity contribution in [3.8, 4) is 11.1 Å². The van der Waals surface area contributed by atoms with Gasteiger partial charge >= 0.3 is 0 Å². The molecular weight excluding hydrogens is 480 g/mol. The zero-order chi connectivity index (χ0) is 25.6. The molecule has 0 aliphatic heterocycles. The number of carbonyl (C=O) groups excluding carboxylic acids is 1. The first-order valence-electron chi connectivity index (χ1n) is 11.0. The van der Waals surface area contributed by atoms with E-state index < -0.39 is 10.0 Å². The number of likely N-dealkylation sites (N-methyl/N-ethyl adjacent to an activating group) is 1. The zero-order valence-electron chi connectivity index (χ0n) is 19.6. The summed E-state index contributed by atoms with van der Waals surface area (Å²) in [5.74, 6) is 0.304. The lowest BCUT2D eigenvalue weighted by molar-refractivity contribution is -0.129. The predicted molar refractivity (Wildman–Crippen MR) is 143 cm³/mol. The smallest absolute Gasteiger partial charge is 0.238 e. The third kappa shape index (κ3) is 7.05. The summed E-state index contributed by atoms with van der Waals surface area (Å²) in [5, 5.41) is 5.34. The quantitative estimate of drug-likeness (QED) is 0.274. The molecular formula is C26H28N4O3S2. The second-order valence-corrected chi connectivity index (χ2v) is 10.1. The topological polar surface area (TPSA) is 119 Å². The molecule has 4 N–H and O–H groups in total. The molecule has 0 unspecified atom stereocenters. The highest BCUT2D eigenvalue weighted by atomic mass is 32.2. The average Bonchev–Trinajstić information content (AvgIpc) is 2.84. The third-order valence-corrected chi connectivity index (χ3v) is 6.78. The molecule has 0 aromatic heterocycles. The van der Waals surface area contributed by atoms with Crippen molar-refractivity contribution in [2.45, 2.75) is 31.2 Å². The van der Waals surface area contributed by atoms with Gasteiger partial charge in [-0.2, -0.15) is 0 Å². The lowest BCUT2D eigenvalue weighted by Crippen LogP contribution is -2.28. The van der Waals surface area contributed by atoms with E-state index in [9.17, 15) is 13.2 Å². The number of hydrogen-bond donors (Lipinski definition) is 2. The molecule has 35 heavy (non-hydrogen) atoms. The molecule has 0 saturated heterocycles. The molecule has 182 valence electrons. The van der Waals surface area contributed by atoms with E-state index >= 15 is 0 Å². The van der Waals surface area contributed by atoms with E-state index in [-0.39, 0.29) is 17.2 Å². The number of sulfonamides is 1. The minimum Gasteiger partial charge on any atom is -0.383 e. The van der Waals surface area contributed by atoms with Crippen LogP contribution in [0, 0.1) is 0 Å². The molecule has 0 saturated carbocycles. The predicted octanol–water partition coefficient (Wildman–Crippen LogP) is 3.64. The lowest BCUT2D eigenvalue weighted by atomic mass is 10.0. The molecule has 1 amide bonds. The number of amidine groups is 1. The lowest BCUT2D eigenvalue weighted by Gasteiger charge is -2.18. The summed E-state index contributed by atoms with van der Waals surface area (Å²) in [6.07, 6.45) is 0.855. The highest BCUT2D eigenvalue weighted by Gasteiger charge is 2.15. The molecule has 0 spiro atoms. The van der Waals surface area contributed by atoms with Crippen LogP contribution in [0.25, 0.3) is 11.1 Å². The number of benzene rings is 3. The first-order chi connectivity index (χ1) is 16.6. The Kier molecular flexibility index (Phi) is 8.50. The standard InChI is InChI=1S/C26H28N4O3S2/c1-3-24(34)29-26(27)21-8-6-7-19(15-21)17-30(2)25(31)16-18-11-13-20(14-12-18)22-9-4-5-10-23(22)35(28,32)33/h4-15H,3,16-17H2,1-2H3,(H2,27,29,34)(H2,28,32,33). The molecule has 0 heterocycles. The maximum absolute atomic E-state index is 12.8. The maximum atomic E-state index is 12.8. The van der Waals surface area contributed by atoms with Crippen molar-refractivity contribution in [1.29, 1.82) is 0 Å². The molecule has 0 atom stereocenters. The Morgan fingerprint density at radius 3 is 2.34 bits per heavy atom.